The van der Waals surface area contributed by atoms with E-state index in [0.717, 1.165) is 29.0 Å². The highest BCUT2D eigenvalue weighted by Crippen LogP contribution is 2.35. The summed E-state index contributed by atoms with van der Waals surface area (Å²) in [4.78, 5) is 29.4. The predicted octanol–water partition coefficient (Wildman–Crippen LogP) is 5.47. The van der Waals surface area contributed by atoms with Gasteiger partial charge in [0.2, 0.25) is 0 Å². The molecule has 1 amide bonds. The number of carbonyl (C=O) groups is 2. The number of halogens is 3. The maximum Gasteiger partial charge on any atom is 0.252 e. The number of allylic oxidation sites excluding steroid dienone is 1. The van der Waals surface area contributed by atoms with Crippen LogP contribution in [0.15, 0.2) is 65.3 Å². The number of benzene rings is 3. The van der Waals surface area contributed by atoms with Crippen molar-refractivity contribution in [3.63, 3.8) is 0 Å². The Bertz CT molecular complexity index is 1460. The van der Waals surface area contributed by atoms with Gasteiger partial charge in [0.15, 0.2) is 0 Å². The molecule has 4 nitrogen and oxygen atoms in total. The molecular weight excluding hydrogens is 453 g/mol. The maximum atomic E-state index is 15.2. The normalized spacial score (nSPS) is 14.5. The number of hydrogen-bond donors (Lipinski definition) is 1. The SMILES string of the molecule is CC1=CN=C(c2ccc(-c3ccc(CC(=O)Cc4ccc(F)cc4F)cc3F)c3c2C(=O)NC3)C1. The number of hydrogen-bond acceptors (Lipinski definition) is 3. The van der Waals surface area contributed by atoms with Gasteiger partial charge < -0.3 is 5.32 Å². The van der Waals surface area contributed by atoms with Gasteiger partial charge in [0, 0.05) is 49.2 Å². The summed E-state index contributed by atoms with van der Waals surface area (Å²) in [6.45, 7) is 2.27. The van der Waals surface area contributed by atoms with Crippen molar-refractivity contribution in [1.29, 1.82) is 0 Å². The molecule has 2 heterocycles. The minimum absolute atomic E-state index is 0.0860. The zero-order valence-corrected chi connectivity index (χ0v) is 18.9. The molecule has 3 aromatic rings. The quantitative estimate of drug-likeness (QED) is 0.516. The lowest BCUT2D eigenvalue weighted by atomic mass is 9.90. The molecule has 0 fully saturated rings. The fourth-order valence-corrected chi connectivity index (χ4v) is 4.60. The van der Waals surface area contributed by atoms with E-state index in [1.807, 2.05) is 6.92 Å². The topological polar surface area (TPSA) is 58.5 Å². The molecule has 0 bridgehead atoms. The summed E-state index contributed by atoms with van der Waals surface area (Å²) in [5.41, 5.74) is 5.38. The molecule has 0 radical (unpaired) electrons. The van der Waals surface area contributed by atoms with Crippen molar-refractivity contribution in [2.45, 2.75) is 32.7 Å². The van der Waals surface area contributed by atoms with Gasteiger partial charge in [-0.2, -0.15) is 0 Å². The number of nitrogens with zero attached hydrogens (tertiary/aromatic N) is 1. The Kier molecular flexibility index (Phi) is 5.84. The molecule has 2 aliphatic rings. The number of Topliss-reactive ketones (excluding diaryl/α,β-unsaturated/α-hetero) is 1. The molecule has 0 unspecified atom stereocenters. The van der Waals surface area contributed by atoms with E-state index >= 15 is 4.39 Å². The molecule has 7 heteroatoms. The second kappa shape index (κ2) is 8.98. The predicted molar refractivity (Wildman–Crippen MR) is 127 cm³/mol. The van der Waals surface area contributed by atoms with Gasteiger partial charge in [-0.05, 0) is 46.9 Å². The van der Waals surface area contributed by atoms with Gasteiger partial charge in [-0.3, -0.25) is 14.6 Å². The number of rotatable bonds is 6. The van der Waals surface area contributed by atoms with Crippen LogP contribution in [0, 0.1) is 17.5 Å². The van der Waals surface area contributed by atoms with Crippen molar-refractivity contribution >= 4 is 17.4 Å². The lowest BCUT2D eigenvalue weighted by Gasteiger charge is -2.13. The Balaban J connectivity index is 1.40. The van der Waals surface area contributed by atoms with E-state index in [1.54, 1.807) is 30.5 Å². The summed E-state index contributed by atoms with van der Waals surface area (Å²) < 4.78 is 42.1. The maximum absolute atomic E-state index is 15.2. The van der Waals surface area contributed by atoms with Crippen molar-refractivity contribution in [2.75, 3.05) is 0 Å². The highest BCUT2D eigenvalue weighted by Gasteiger charge is 2.29. The minimum atomic E-state index is -0.783. The van der Waals surface area contributed by atoms with Crippen molar-refractivity contribution in [3.8, 4) is 11.1 Å². The van der Waals surface area contributed by atoms with Gasteiger partial charge in [-0.25, -0.2) is 13.2 Å². The first kappa shape index (κ1) is 22.8. The fourth-order valence-electron chi connectivity index (χ4n) is 4.60. The van der Waals surface area contributed by atoms with E-state index in [4.69, 9.17) is 0 Å². The number of fused-ring (bicyclic) bond motifs is 1. The first-order chi connectivity index (χ1) is 16.8. The summed E-state index contributed by atoms with van der Waals surface area (Å²) >= 11 is 0. The van der Waals surface area contributed by atoms with Crippen LogP contribution in [-0.4, -0.2) is 17.4 Å². The van der Waals surface area contributed by atoms with Gasteiger partial charge in [-0.1, -0.05) is 30.3 Å². The molecule has 0 aliphatic carbocycles. The first-order valence-corrected chi connectivity index (χ1v) is 11.2. The van der Waals surface area contributed by atoms with Gasteiger partial charge in [0.05, 0.1) is 11.3 Å². The van der Waals surface area contributed by atoms with Gasteiger partial charge in [0.1, 0.15) is 23.2 Å². The Hall–Kier alpha value is -4.00. The lowest BCUT2D eigenvalue weighted by molar-refractivity contribution is -0.117. The molecule has 2 aliphatic heterocycles. The molecule has 35 heavy (non-hydrogen) atoms. The summed E-state index contributed by atoms with van der Waals surface area (Å²) in [6, 6.07) is 11.2. The van der Waals surface area contributed by atoms with E-state index in [-0.39, 0.29) is 30.1 Å². The third kappa shape index (κ3) is 4.41. The molecular formula is C28H21F3N2O2. The molecule has 1 N–H and O–H groups in total. The number of aliphatic imine (C=N–C) groups is 1. The number of ketones is 1. The van der Waals surface area contributed by atoms with Crippen LogP contribution in [0.4, 0.5) is 13.2 Å². The van der Waals surface area contributed by atoms with Crippen molar-refractivity contribution in [3.05, 3.63) is 106 Å². The molecule has 0 spiro atoms. The highest BCUT2D eigenvalue weighted by molar-refractivity contribution is 6.14. The third-order valence-corrected chi connectivity index (χ3v) is 6.29. The zero-order valence-electron chi connectivity index (χ0n) is 18.9. The summed E-state index contributed by atoms with van der Waals surface area (Å²) in [5.74, 6) is -2.54. The Morgan fingerprint density at radius 1 is 0.943 bits per heavy atom. The first-order valence-electron chi connectivity index (χ1n) is 11.2. The smallest absolute Gasteiger partial charge is 0.252 e. The monoisotopic (exact) mass is 474 g/mol. The molecule has 176 valence electrons. The van der Waals surface area contributed by atoms with Crippen LogP contribution >= 0.6 is 0 Å². The Labute approximate surface area is 200 Å². The molecule has 3 aromatic carbocycles. The number of amides is 1. The van der Waals surface area contributed by atoms with Crippen molar-refractivity contribution < 1.29 is 22.8 Å². The average Bonchev–Trinajstić information content (AvgIpc) is 3.42. The second-order valence-corrected chi connectivity index (χ2v) is 8.87. The largest absolute Gasteiger partial charge is 0.348 e. The van der Waals surface area contributed by atoms with Crippen LogP contribution in [0.25, 0.3) is 11.1 Å². The lowest BCUT2D eigenvalue weighted by Crippen LogP contribution is -2.15. The van der Waals surface area contributed by atoms with Crippen molar-refractivity contribution in [1.82, 2.24) is 5.32 Å². The number of nitrogens with one attached hydrogen (secondary N) is 1. The van der Waals surface area contributed by atoms with E-state index < -0.39 is 17.5 Å². The van der Waals surface area contributed by atoms with E-state index in [1.165, 1.54) is 12.1 Å². The van der Waals surface area contributed by atoms with Gasteiger partial charge in [-0.15, -0.1) is 0 Å². The Morgan fingerprint density at radius 2 is 1.71 bits per heavy atom. The average molecular weight is 474 g/mol. The van der Waals surface area contributed by atoms with Crippen LogP contribution in [0.1, 0.15) is 46.0 Å². The zero-order chi connectivity index (χ0) is 24.7. The van der Waals surface area contributed by atoms with E-state index in [2.05, 4.69) is 10.3 Å². The van der Waals surface area contributed by atoms with Crippen LogP contribution < -0.4 is 5.32 Å². The molecule has 0 saturated heterocycles. The van der Waals surface area contributed by atoms with Crippen molar-refractivity contribution in [2.24, 2.45) is 4.99 Å². The molecule has 0 aromatic heterocycles. The third-order valence-electron chi connectivity index (χ3n) is 6.29. The molecule has 5 rings (SSSR count). The van der Waals surface area contributed by atoms with Gasteiger partial charge >= 0.3 is 0 Å². The van der Waals surface area contributed by atoms with Crippen LogP contribution in [0.5, 0.6) is 0 Å². The molecule has 0 atom stereocenters. The van der Waals surface area contributed by atoms with Gasteiger partial charge in [0.25, 0.3) is 5.91 Å². The van der Waals surface area contributed by atoms with Crippen LogP contribution in [-0.2, 0) is 24.2 Å². The Morgan fingerprint density at radius 3 is 2.43 bits per heavy atom. The summed E-state index contributed by atoms with van der Waals surface area (Å²) in [6.07, 6.45) is 2.15. The highest BCUT2D eigenvalue weighted by atomic mass is 19.1. The second-order valence-electron chi connectivity index (χ2n) is 8.87. The summed E-state index contributed by atoms with van der Waals surface area (Å²) in [7, 11) is 0. The molecule has 0 saturated carbocycles. The van der Waals surface area contributed by atoms with E-state index in [9.17, 15) is 18.4 Å². The fraction of sp³-hybridized carbons (Fsp3) is 0.179. The standard InChI is InChI=1S/C28H21F3N2O2/c1-15-8-26(32-13-15)22-7-6-20(23-14-33-28(35)27(22)23)21-5-2-16(10-25(21)31)9-19(34)11-17-3-4-18(29)12-24(17)30/h2-7,10,12-13H,8-9,11,14H2,1H3,(H,33,35). The van der Waals surface area contributed by atoms with Crippen LogP contribution in [0.2, 0.25) is 0 Å². The number of carbonyl (C=O) groups excluding carboxylic acids is 2. The van der Waals surface area contributed by atoms with E-state index in [0.29, 0.717) is 40.8 Å². The minimum Gasteiger partial charge on any atom is -0.348 e. The van der Waals surface area contributed by atoms with Crippen LogP contribution in [0.3, 0.4) is 0 Å². The summed E-state index contributed by atoms with van der Waals surface area (Å²) in [5, 5.41) is 2.83.